The van der Waals surface area contributed by atoms with E-state index in [4.69, 9.17) is 9.90 Å². The maximum Gasteiger partial charge on any atom is 0.290 e. The van der Waals surface area contributed by atoms with E-state index in [1.807, 2.05) is 13.0 Å². The third-order valence-corrected chi connectivity index (χ3v) is 10.8. The third kappa shape index (κ3) is 14.4. The van der Waals surface area contributed by atoms with Gasteiger partial charge in [-0.15, -0.1) is 0 Å². The fourth-order valence-electron chi connectivity index (χ4n) is 8.23. The molecule has 1 saturated carbocycles. The van der Waals surface area contributed by atoms with Crippen LogP contribution in [0.2, 0.25) is 0 Å². The maximum atomic E-state index is 12.8. The van der Waals surface area contributed by atoms with Crippen molar-refractivity contribution in [3.05, 3.63) is 81.4 Å². The molecule has 4 rings (SSSR count). The normalized spacial score (nSPS) is 15.5. The van der Waals surface area contributed by atoms with Crippen LogP contribution < -0.4 is 5.32 Å². The standard InChI is InChI=1S/C27H39NO.C18H27NO2.CH2O2.CH4/c1-10-25(28-27(29)21(8)11-16(2)3)24-15-23(14-18(5)22(24)9)26-19(6)12-17(4)13-20(26)7;1-15(20)17(16(2)21)9-5-3-4-8-12-19-13-18(14-19)10-6-7-11-18;2-1-3;/h12-16,21,25H,10-11H2,1-9H3,(H,28,29);3,5,9H,4,6-8,10-14H2,1-2H3;1H,(H,2,3);1H4/b;5-3-;;/t21-,25?;;;/m0.../s1. The summed E-state index contributed by atoms with van der Waals surface area (Å²) >= 11 is 0. The van der Waals surface area contributed by atoms with Crippen molar-refractivity contribution in [3.8, 4) is 11.1 Å². The Kier molecular flexibility index (Phi) is 20.7. The molecule has 2 aromatic rings. The zero-order valence-corrected chi connectivity index (χ0v) is 34.7. The molecule has 2 fully saturated rings. The van der Waals surface area contributed by atoms with Gasteiger partial charge in [0, 0.05) is 19.0 Å². The summed E-state index contributed by atoms with van der Waals surface area (Å²) in [7, 11) is 0. The van der Waals surface area contributed by atoms with Gasteiger partial charge in [-0.2, -0.15) is 0 Å². The lowest BCUT2D eigenvalue weighted by Gasteiger charge is -2.48. The lowest BCUT2D eigenvalue weighted by Crippen LogP contribution is -2.54. The van der Waals surface area contributed by atoms with Gasteiger partial charge in [0.25, 0.3) is 6.47 Å². The fraction of sp³-hybridized carbons (Fsp3) is 0.574. The average molecular weight is 745 g/mol. The van der Waals surface area contributed by atoms with Crippen molar-refractivity contribution in [2.75, 3.05) is 19.6 Å². The summed E-state index contributed by atoms with van der Waals surface area (Å²) in [6, 6.07) is 9.14. The molecule has 54 heavy (non-hydrogen) atoms. The molecule has 1 saturated heterocycles. The number of amides is 1. The number of allylic oxidation sites excluding steroid dienone is 4. The van der Waals surface area contributed by atoms with Crippen molar-refractivity contribution in [1.82, 2.24) is 10.2 Å². The van der Waals surface area contributed by atoms with E-state index in [2.05, 4.69) is 95.9 Å². The van der Waals surface area contributed by atoms with E-state index in [0.29, 0.717) is 11.3 Å². The molecule has 1 heterocycles. The Hall–Kier alpha value is -3.84. The molecule has 1 spiro atoms. The second kappa shape index (κ2) is 23.2. The molecule has 7 nitrogen and oxygen atoms in total. The van der Waals surface area contributed by atoms with Crippen molar-refractivity contribution in [2.24, 2.45) is 17.3 Å². The summed E-state index contributed by atoms with van der Waals surface area (Å²) in [4.78, 5) is 46.2. The van der Waals surface area contributed by atoms with Crippen LogP contribution in [0, 0.1) is 51.9 Å². The summed E-state index contributed by atoms with van der Waals surface area (Å²) in [5.74, 6) is 0.408. The zero-order valence-electron chi connectivity index (χ0n) is 34.7. The van der Waals surface area contributed by atoms with Gasteiger partial charge < -0.3 is 15.3 Å². The van der Waals surface area contributed by atoms with Crippen LogP contribution in [0.3, 0.4) is 0 Å². The van der Waals surface area contributed by atoms with Crippen LogP contribution in [0.15, 0.2) is 48.1 Å². The molecular formula is C47H72N2O5. The minimum absolute atomic E-state index is 0. The second-order valence-corrected chi connectivity index (χ2v) is 16.1. The number of nitrogens with zero attached hydrogens (tertiary/aromatic N) is 1. The van der Waals surface area contributed by atoms with Gasteiger partial charge in [-0.3, -0.25) is 19.2 Å². The topological polar surface area (TPSA) is 104 Å². The molecule has 1 unspecified atom stereocenters. The summed E-state index contributed by atoms with van der Waals surface area (Å²) < 4.78 is 0. The van der Waals surface area contributed by atoms with Gasteiger partial charge in [-0.05, 0) is 156 Å². The van der Waals surface area contributed by atoms with E-state index in [9.17, 15) is 14.4 Å². The van der Waals surface area contributed by atoms with E-state index in [1.54, 1.807) is 6.08 Å². The van der Waals surface area contributed by atoms with Crippen LogP contribution in [-0.2, 0) is 19.2 Å². The molecule has 1 aliphatic carbocycles. The average Bonchev–Trinajstić information content (AvgIpc) is 3.54. The van der Waals surface area contributed by atoms with Gasteiger partial charge in [0.15, 0.2) is 11.6 Å². The SMILES string of the molecule is C.CC(=O)C(=C/C=C\CCCN1CC2(CCCC2)C1)C(C)=O.CCC(NC(=O)[C@@H](C)CC(C)C)c1cc(-c2c(C)cc(C)cc2C)cc(C)c1C.O=CO. The van der Waals surface area contributed by atoms with Crippen molar-refractivity contribution >= 4 is 23.9 Å². The fourth-order valence-corrected chi connectivity index (χ4v) is 8.23. The Labute approximate surface area is 328 Å². The lowest BCUT2D eigenvalue weighted by molar-refractivity contribution is -0.126. The van der Waals surface area contributed by atoms with E-state index in [0.717, 1.165) is 25.7 Å². The minimum atomic E-state index is -0.250. The van der Waals surface area contributed by atoms with E-state index in [1.165, 1.54) is 104 Å². The monoisotopic (exact) mass is 745 g/mol. The largest absolute Gasteiger partial charge is 0.483 e. The number of rotatable bonds is 14. The molecule has 1 amide bonds. The number of Topliss-reactive ketones (excluding diaryl/α,β-unsaturated/α-hetero) is 2. The van der Waals surface area contributed by atoms with Crippen molar-refractivity contribution in [2.45, 2.75) is 141 Å². The van der Waals surface area contributed by atoms with Crippen LogP contribution in [-0.4, -0.2) is 53.6 Å². The maximum absolute atomic E-state index is 12.8. The number of ketones is 2. The van der Waals surface area contributed by atoms with Crippen LogP contribution >= 0.6 is 0 Å². The molecule has 2 aromatic carbocycles. The Morgan fingerprint density at radius 3 is 1.96 bits per heavy atom. The molecule has 2 N–H and O–H groups in total. The number of carbonyl (C=O) groups excluding carboxylic acids is 3. The molecular weight excluding hydrogens is 673 g/mol. The highest BCUT2D eigenvalue weighted by Gasteiger charge is 2.43. The van der Waals surface area contributed by atoms with Crippen molar-refractivity contribution in [3.63, 3.8) is 0 Å². The molecule has 0 aromatic heterocycles. The first-order valence-corrected chi connectivity index (χ1v) is 19.7. The molecule has 0 radical (unpaired) electrons. The van der Waals surface area contributed by atoms with Crippen molar-refractivity contribution < 1.29 is 24.3 Å². The van der Waals surface area contributed by atoms with Gasteiger partial charge in [0.1, 0.15) is 0 Å². The number of benzene rings is 2. The van der Waals surface area contributed by atoms with Gasteiger partial charge in [0.05, 0.1) is 11.6 Å². The van der Waals surface area contributed by atoms with E-state index >= 15 is 0 Å². The number of hydrogen-bond acceptors (Lipinski definition) is 5. The summed E-state index contributed by atoms with van der Waals surface area (Å²) in [5, 5.41) is 10.2. The first-order chi connectivity index (χ1) is 25.0. The summed E-state index contributed by atoms with van der Waals surface area (Å²) in [6.45, 7) is 25.8. The highest BCUT2D eigenvalue weighted by atomic mass is 16.3. The van der Waals surface area contributed by atoms with Crippen LogP contribution in [0.4, 0.5) is 0 Å². The lowest BCUT2D eigenvalue weighted by atomic mass is 9.78. The first-order valence-electron chi connectivity index (χ1n) is 19.7. The predicted octanol–water partition coefficient (Wildman–Crippen LogP) is 10.8. The smallest absolute Gasteiger partial charge is 0.290 e. The molecule has 7 heteroatoms. The van der Waals surface area contributed by atoms with Crippen LogP contribution in [0.1, 0.15) is 140 Å². The number of likely N-dealkylation sites (tertiary alicyclic amines) is 1. The second-order valence-electron chi connectivity index (χ2n) is 16.1. The predicted molar refractivity (Wildman–Crippen MR) is 226 cm³/mol. The zero-order chi connectivity index (χ0) is 39.9. The summed E-state index contributed by atoms with van der Waals surface area (Å²) in [5.41, 5.74) is 11.2. The highest BCUT2D eigenvalue weighted by molar-refractivity contribution is 6.18. The number of carboxylic acid groups (broad SMARTS) is 1. The van der Waals surface area contributed by atoms with Crippen molar-refractivity contribution in [1.29, 1.82) is 0 Å². The molecule has 2 aliphatic rings. The minimum Gasteiger partial charge on any atom is -0.483 e. The summed E-state index contributed by atoms with van der Waals surface area (Å²) in [6.07, 6.45) is 15.2. The molecule has 300 valence electrons. The Balaban J connectivity index is 0.000000515. The Morgan fingerprint density at radius 1 is 0.907 bits per heavy atom. The van der Waals surface area contributed by atoms with Crippen LogP contribution in [0.25, 0.3) is 11.1 Å². The van der Waals surface area contributed by atoms with E-state index in [-0.39, 0.29) is 48.9 Å². The van der Waals surface area contributed by atoms with Gasteiger partial charge >= 0.3 is 0 Å². The molecule has 2 atom stereocenters. The Morgan fingerprint density at radius 2 is 1.46 bits per heavy atom. The number of carbonyl (C=O) groups is 4. The highest BCUT2D eigenvalue weighted by Crippen LogP contribution is 2.45. The number of aryl methyl sites for hydroxylation is 4. The van der Waals surface area contributed by atoms with Crippen LogP contribution in [0.5, 0.6) is 0 Å². The number of unbranched alkanes of at least 4 members (excludes halogenated alkanes) is 1. The first kappa shape index (κ1) is 48.2. The number of hydrogen-bond donors (Lipinski definition) is 2. The van der Waals surface area contributed by atoms with Gasteiger partial charge in [0.2, 0.25) is 5.91 Å². The van der Waals surface area contributed by atoms with Gasteiger partial charge in [-0.1, -0.05) is 83.9 Å². The third-order valence-electron chi connectivity index (χ3n) is 10.8. The molecule has 1 aliphatic heterocycles. The van der Waals surface area contributed by atoms with E-state index < -0.39 is 0 Å². The molecule has 0 bridgehead atoms. The number of nitrogens with one attached hydrogen (secondary N) is 1. The quantitative estimate of drug-likeness (QED) is 0.0498. The Bertz CT molecular complexity index is 1560. The van der Waals surface area contributed by atoms with Gasteiger partial charge in [-0.25, -0.2) is 0 Å².